The number of nitrogen functional groups attached to an aromatic ring is 1. The SMILES string of the molecule is Cc1nn(C)cc1NC(=O)c1sc(NC(C)(C)C)nc1N. The number of thiazole rings is 1. The van der Waals surface area contributed by atoms with E-state index >= 15 is 0 Å². The number of hydrogen-bond acceptors (Lipinski definition) is 6. The molecular weight excluding hydrogens is 288 g/mol. The molecule has 0 aliphatic carbocycles. The van der Waals surface area contributed by atoms with Crippen molar-refractivity contribution in [2.45, 2.75) is 33.2 Å². The summed E-state index contributed by atoms with van der Waals surface area (Å²) in [6.07, 6.45) is 1.75. The molecular formula is C13H20N6OS. The summed E-state index contributed by atoms with van der Waals surface area (Å²) >= 11 is 1.24. The molecule has 2 aromatic rings. The van der Waals surface area contributed by atoms with Crippen molar-refractivity contribution in [1.82, 2.24) is 14.8 Å². The second-order valence-electron chi connectivity index (χ2n) is 5.86. The van der Waals surface area contributed by atoms with Crippen LogP contribution in [0.1, 0.15) is 36.1 Å². The standard InChI is InChI=1S/C13H20N6OS/c1-7-8(6-19(5)18-7)15-11(20)9-10(14)16-12(21-9)17-13(2,3)4/h6H,14H2,1-5H3,(H,15,20)(H,16,17). The topological polar surface area (TPSA) is 97.9 Å². The minimum Gasteiger partial charge on any atom is -0.382 e. The average molecular weight is 308 g/mol. The van der Waals surface area contributed by atoms with Crippen LogP contribution in [0.5, 0.6) is 0 Å². The van der Waals surface area contributed by atoms with Crippen LogP contribution in [0.15, 0.2) is 6.20 Å². The summed E-state index contributed by atoms with van der Waals surface area (Å²) < 4.78 is 1.65. The van der Waals surface area contributed by atoms with Crippen LogP contribution in [-0.4, -0.2) is 26.2 Å². The van der Waals surface area contributed by atoms with Crippen molar-refractivity contribution in [1.29, 1.82) is 0 Å². The molecule has 0 saturated heterocycles. The van der Waals surface area contributed by atoms with E-state index in [0.29, 0.717) is 15.7 Å². The third-order valence-corrected chi connectivity index (χ3v) is 3.59. The van der Waals surface area contributed by atoms with Gasteiger partial charge in [-0.15, -0.1) is 0 Å². The highest BCUT2D eigenvalue weighted by molar-refractivity contribution is 7.18. The molecule has 0 bridgehead atoms. The van der Waals surface area contributed by atoms with E-state index in [1.54, 1.807) is 17.9 Å². The van der Waals surface area contributed by atoms with Gasteiger partial charge in [0.1, 0.15) is 10.7 Å². The first-order valence-electron chi connectivity index (χ1n) is 6.52. The van der Waals surface area contributed by atoms with Crippen molar-refractivity contribution in [2.75, 3.05) is 16.4 Å². The van der Waals surface area contributed by atoms with Crippen molar-refractivity contribution < 1.29 is 4.79 Å². The maximum atomic E-state index is 12.3. The van der Waals surface area contributed by atoms with Crippen LogP contribution in [0.2, 0.25) is 0 Å². The minimum absolute atomic E-state index is 0.141. The molecule has 2 rings (SSSR count). The lowest BCUT2D eigenvalue weighted by atomic mass is 10.1. The summed E-state index contributed by atoms with van der Waals surface area (Å²) in [6.45, 7) is 7.88. The van der Waals surface area contributed by atoms with Gasteiger partial charge in [0, 0.05) is 18.8 Å². The summed E-state index contributed by atoms with van der Waals surface area (Å²) in [5.74, 6) is -0.0474. The second kappa shape index (κ2) is 5.36. The molecule has 0 unspecified atom stereocenters. The highest BCUT2D eigenvalue weighted by atomic mass is 32.1. The normalized spacial score (nSPS) is 11.5. The fraction of sp³-hybridized carbons (Fsp3) is 0.462. The number of amides is 1. The molecule has 0 aliphatic heterocycles. The first-order chi connectivity index (χ1) is 9.65. The lowest BCUT2D eigenvalue weighted by Crippen LogP contribution is -2.25. The highest BCUT2D eigenvalue weighted by Crippen LogP contribution is 2.28. The Bertz CT molecular complexity index is 667. The lowest BCUT2D eigenvalue weighted by molar-refractivity contribution is 0.103. The van der Waals surface area contributed by atoms with Crippen LogP contribution in [0, 0.1) is 6.92 Å². The van der Waals surface area contributed by atoms with Crippen molar-refractivity contribution in [3.8, 4) is 0 Å². The molecule has 8 heteroatoms. The number of aryl methyl sites for hydroxylation is 2. The van der Waals surface area contributed by atoms with Gasteiger partial charge in [0.15, 0.2) is 5.13 Å². The molecule has 4 N–H and O–H groups in total. The van der Waals surface area contributed by atoms with Gasteiger partial charge in [0.2, 0.25) is 0 Å². The maximum absolute atomic E-state index is 12.3. The molecule has 0 aromatic carbocycles. The molecule has 2 aromatic heterocycles. The third kappa shape index (κ3) is 3.72. The van der Waals surface area contributed by atoms with E-state index in [2.05, 4.69) is 20.7 Å². The molecule has 114 valence electrons. The van der Waals surface area contributed by atoms with E-state index in [4.69, 9.17) is 5.73 Å². The van der Waals surface area contributed by atoms with Gasteiger partial charge >= 0.3 is 0 Å². The van der Waals surface area contributed by atoms with E-state index < -0.39 is 0 Å². The van der Waals surface area contributed by atoms with Crippen LogP contribution < -0.4 is 16.4 Å². The molecule has 21 heavy (non-hydrogen) atoms. The summed E-state index contributed by atoms with van der Waals surface area (Å²) in [5, 5.41) is 10.8. The molecule has 0 saturated carbocycles. The Balaban J connectivity index is 2.18. The van der Waals surface area contributed by atoms with Crippen molar-refractivity contribution >= 4 is 33.9 Å². The van der Waals surface area contributed by atoms with E-state index in [1.807, 2.05) is 27.7 Å². The Morgan fingerprint density at radius 3 is 2.62 bits per heavy atom. The Morgan fingerprint density at radius 2 is 2.10 bits per heavy atom. The lowest BCUT2D eigenvalue weighted by Gasteiger charge is -2.19. The fourth-order valence-corrected chi connectivity index (χ4v) is 2.76. The number of nitrogens with two attached hydrogens (primary N) is 1. The first-order valence-corrected chi connectivity index (χ1v) is 7.33. The zero-order chi connectivity index (χ0) is 15.8. The van der Waals surface area contributed by atoms with Gasteiger partial charge in [-0.1, -0.05) is 11.3 Å². The zero-order valence-corrected chi connectivity index (χ0v) is 13.6. The van der Waals surface area contributed by atoms with Crippen molar-refractivity contribution in [3.63, 3.8) is 0 Å². The van der Waals surface area contributed by atoms with E-state index in [1.165, 1.54) is 11.3 Å². The smallest absolute Gasteiger partial charge is 0.269 e. The minimum atomic E-state index is -0.275. The molecule has 0 atom stereocenters. The molecule has 7 nitrogen and oxygen atoms in total. The maximum Gasteiger partial charge on any atom is 0.269 e. The van der Waals surface area contributed by atoms with Gasteiger partial charge in [-0.3, -0.25) is 9.48 Å². The number of nitrogens with one attached hydrogen (secondary N) is 2. The molecule has 0 radical (unpaired) electrons. The van der Waals surface area contributed by atoms with Gasteiger partial charge < -0.3 is 16.4 Å². The monoisotopic (exact) mass is 308 g/mol. The number of nitrogens with zero attached hydrogens (tertiary/aromatic N) is 3. The number of rotatable bonds is 3. The van der Waals surface area contributed by atoms with E-state index in [0.717, 1.165) is 5.69 Å². The number of carbonyl (C=O) groups excluding carboxylic acids is 1. The average Bonchev–Trinajstić information content (AvgIpc) is 2.80. The first kappa shape index (κ1) is 15.3. The fourth-order valence-electron chi connectivity index (χ4n) is 1.77. The predicted octanol–water partition coefficient (Wildman–Crippen LogP) is 2.23. The summed E-state index contributed by atoms with van der Waals surface area (Å²) in [6, 6.07) is 0. The van der Waals surface area contributed by atoms with Gasteiger partial charge in [-0.2, -0.15) is 5.10 Å². The summed E-state index contributed by atoms with van der Waals surface area (Å²) in [4.78, 5) is 16.9. The summed E-state index contributed by atoms with van der Waals surface area (Å²) in [7, 11) is 1.80. The van der Waals surface area contributed by atoms with Crippen LogP contribution in [-0.2, 0) is 7.05 Å². The molecule has 0 fully saturated rings. The Labute approximate surface area is 127 Å². The number of carbonyl (C=O) groups is 1. The Kier molecular flexibility index (Phi) is 3.91. The predicted molar refractivity (Wildman–Crippen MR) is 85.8 cm³/mol. The molecule has 2 heterocycles. The van der Waals surface area contributed by atoms with Crippen LogP contribution in [0.25, 0.3) is 0 Å². The van der Waals surface area contributed by atoms with E-state index in [9.17, 15) is 4.79 Å². The Morgan fingerprint density at radius 1 is 1.43 bits per heavy atom. The van der Waals surface area contributed by atoms with Gasteiger partial charge in [-0.25, -0.2) is 4.98 Å². The van der Waals surface area contributed by atoms with Crippen molar-refractivity contribution in [3.05, 3.63) is 16.8 Å². The van der Waals surface area contributed by atoms with Gasteiger partial charge in [-0.05, 0) is 27.7 Å². The largest absolute Gasteiger partial charge is 0.382 e. The molecule has 1 amide bonds. The van der Waals surface area contributed by atoms with Crippen LogP contribution >= 0.6 is 11.3 Å². The van der Waals surface area contributed by atoms with Crippen LogP contribution in [0.4, 0.5) is 16.6 Å². The molecule has 0 spiro atoms. The highest BCUT2D eigenvalue weighted by Gasteiger charge is 2.20. The number of hydrogen-bond donors (Lipinski definition) is 3. The second-order valence-corrected chi connectivity index (χ2v) is 6.86. The van der Waals surface area contributed by atoms with Gasteiger partial charge in [0.25, 0.3) is 5.91 Å². The quantitative estimate of drug-likeness (QED) is 0.807. The zero-order valence-electron chi connectivity index (χ0n) is 12.8. The van der Waals surface area contributed by atoms with Gasteiger partial charge in [0.05, 0.1) is 11.4 Å². The number of aromatic nitrogens is 3. The van der Waals surface area contributed by atoms with Crippen LogP contribution in [0.3, 0.4) is 0 Å². The number of anilines is 3. The third-order valence-electron chi connectivity index (χ3n) is 2.60. The molecule has 0 aliphatic rings. The van der Waals surface area contributed by atoms with E-state index in [-0.39, 0.29) is 17.3 Å². The van der Waals surface area contributed by atoms with Crippen molar-refractivity contribution in [2.24, 2.45) is 7.05 Å². The summed E-state index contributed by atoms with van der Waals surface area (Å²) in [5.41, 5.74) is 7.11. The Hall–Kier alpha value is -2.09.